The smallest absolute Gasteiger partial charge is 0.129 e. The Hall–Kier alpha value is 0.400. The lowest BCUT2D eigenvalue weighted by Gasteiger charge is -2.44. The summed E-state index contributed by atoms with van der Waals surface area (Å²) in [6.07, 6.45) is 3.06. The maximum atomic E-state index is 9.90. The van der Waals surface area contributed by atoms with Gasteiger partial charge in [0, 0.05) is 0 Å². The van der Waals surface area contributed by atoms with Gasteiger partial charge in [-0.05, 0) is 36.7 Å². The minimum absolute atomic E-state index is 0.0300. The number of aliphatic hydroxyl groups excluding tert-OH is 2. The van der Waals surface area contributed by atoms with Crippen LogP contribution in [0.15, 0.2) is 22.4 Å². The molecule has 0 aromatic rings. The Bertz CT molecular complexity index is 460. The van der Waals surface area contributed by atoms with Gasteiger partial charge in [-0.3, -0.25) is 0 Å². The standard InChI is InChI=1S/C15H20Cl4O2/c1-15(2,7-3-9(16)13(20)10(17)4-7)8-5-11(18)14(21)12(19)6-8/h3,8,10-12,14,20-21H,4-6H2,1-2H3. The molecule has 120 valence electrons. The van der Waals surface area contributed by atoms with Crippen molar-refractivity contribution >= 4 is 46.4 Å². The fraction of sp³-hybridized carbons (Fsp3) is 0.733. The highest BCUT2D eigenvalue weighted by atomic mass is 35.5. The highest BCUT2D eigenvalue weighted by Gasteiger charge is 2.43. The van der Waals surface area contributed by atoms with Crippen LogP contribution < -0.4 is 0 Å². The largest absolute Gasteiger partial charge is 0.509 e. The highest BCUT2D eigenvalue weighted by molar-refractivity contribution is 6.33. The number of halogens is 4. The van der Waals surface area contributed by atoms with Crippen LogP contribution in [-0.2, 0) is 0 Å². The van der Waals surface area contributed by atoms with Crippen LogP contribution in [0, 0.1) is 11.3 Å². The molecule has 2 N–H and O–H groups in total. The van der Waals surface area contributed by atoms with E-state index in [-0.39, 0.29) is 27.8 Å². The molecule has 6 heteroatoms. The van der Waals surface area contributed by atoms with Crippen molar-refractivity contribution in [3.05, 3.63) is 22.4 Å². The molecule has 0 aliphatic heterocycles. The molecule has 0 radical (unpaired) electrons. The fourth-order valence-electron chi connectivity index (χ4n) is 3.17. The third-order valence-corrected chi connectivity index (χ3v) is 6.39. The van der Waals surface area contributed by atoms with Crippen LogP contribution in [0.2, 0.25) is 0 Å². The first kappa shape index (κ1) is 17.7. The molecular weight excluding hydrogens is 354 g/mol. The van der Waals surface area contributed by atoms with Gasteiger partial charge in [0.15, 0.2) is 0 Å². The second-order valence-electron chi connectivity index (χ2n) is 6.49. The Kier molecular flexibility index (Phi) is 5.48. The predicted molar refractivity (Wildman–Crippen MR) is 89.6 cm³/mol. The molecule has 3 unspecified atom stereocenters. The number of hydrogen-bond acceptors (Lipinski definition) is 2. The summed E-state index contributed by atoms with van der Waals surface area (Å²) in [6, 6.07) is 0. The van der Waals surface area contributed by atoms with Gasteiger partial charge in [-0.1, -0.05) is 31.0 Å². The van der Waals surface area contributed by atoms with E-state index >= 15 is 0 Å². The molecule has 0 spiro atoms. The maximum absolute atomic E-state index is 9.90. The van der Waals surface area contributed by atoms with Gasteiger partial charge in [0.2, 0.25) is 0 Å². The molecule has 2 aliphatic rings. The lowest BCUT2D eigenvalue weighted by atomic mass is 9.65. The van der Waals surface area contributed by atoms with Gasteiger partial charge < -0.3 is 10.2 Å². The number of allylic oxidation sites excluding steroid dienone is 4. The third kappa shape index (κ3) is 3.50. The van der Waals surface area contributed by atoms with Crippen LogP contribution in [-0.4, -0.2) is 32.4 Å². The van der Waals surface area contributed by atoms with Crippen molar-refractivity contribution in [1.82, 2.24) is 0 Å². The van der Waals surface area contributed by atoms with Crippen molar-refractivity contribution in [3.63, 3.8) is 0 Å². The summed E-state index contributed by atoms with van der Waals surface area (Å²) >= 11 is 24.7. The lowest BCUT2D eigenvalue weighted by Crippen LogP contribution is -2.44. The second kappa shape index (κ2) is 6.49. The summed E-state index contributed by atoms with van der Waals surface area (Å²) in [5.74, 6) is 0.258. The average Bonchev–Trinajstić information content (AvgIpc) is 2.40. The van der Waals surface area contributed by atoms with Crippen LogP contribution in [0.4, 0.5) is 0 Å². The Balaban J connectivity index is 2.24. The molecule has 0 bridgehead atoms. The monoisotopic (exact) mass is 372 g/mol. The van der Waals surface area contributed by atoms with Gasteiger partial charge in [0.1, 0.15) is 5.76 Å². The molecule has 0 amide bonds. The van der Waals surface area contributed by atoms with E-state index in [9.17, 15) is 10.2 Å². The van der Waals surface area contributed by atoms with Crippen molar-refractivity contribution in [2.24, 2.45) is 11.3 Å². The van der Waals surface area contributed by atoms with Gasteiger partial charge in [0.05, 0.1) is 27.3 Å². The molecule has 3 atom stereocenters. The zero-order chi connectivity index (χ0) is 15.9. The van der Waals surface area contributed by atoms with Crippen molar-refractivity contribution < 1.29 is 10.2 Å². The molecule has 2 nitrogen and oxygen atoms in total. The number of aliphatic hydroxyl groups is 2. The molecule has 1 saturated carbocycles. The summed E-state index contributed by atoms with van der Waals surface area (Å²) in [5.41, 5.74) is 0.883. The molecule has 0 heterocycles. The molecule has 0 aromatic heterocycles. The summed E-state index contributed by atoms with van der Waals surface area (Å²) < 4.78 is 0. The molecule has 0 aromatic carbocycles. The topological polar surface area (TPSA) is 40.5 Å². The van der Waals surface area contributed by atoms with Crippen molar-refractivity contribution in [1.29, 1.82) is 0 Å². The van der Waals surface area contributed by atoms with Crippen LogP contribution in [0.5, 0.6) is 0 Å². The Labute approximate surface area is 145 Å². The van der Waals surface area contributed by atoms with Gasteiger partial charge in [-0.25, -0.2) is 0 Å². The van der Waals surface area contributed by atoms with E-state index in [1.807, 2.05) is 0 Å². The molecule has 2 aliphatic carbocycles. The number of hydrogen-bond donors (Lipinski definition) is 2. The lowest BCUT2D eigenvalue weighted by molar-refractivity contribution is 0.0846. The minimum Gasteiger partial charge on any atom is -0.509 e. The molecule has 2 rings (SSSR count). The van der Waals surface area contributed by atoms with Gasteiger partial charge in [0.25, 0.3) is 0 Å². The van der Waals surface area contributed by atoms with Crippen LogP contribution in [0.1, 0.15) is 33.1 Å². The Morgan fingerprint density at radius 2 is 1.67 bits per heavy atom. The first-order valence-electron chi connectivity index (χ1n) is 7.04. The van der Waals surface area contributed by atoms with Crippen LogP contribution in [0.3, 0.4) is 0 Å². The Morgan fingerprint density at radius 1 is 1.14 bits per heavy atom. The number of alkyl halides is 3. The van der Waals surface area contributed by atoms with E-state index in [2.05, 4.69) is 13.8 Å². The van der Waals surface area contributed by atoms with E-state index < -0.39 is 11.5 Å². The van der Waals surface area contributed by atoms with Gasteiger partial charge in [-0.2, -0.15) is 0 Å². The molecule has 1 fully saturated rings. The number of rotatable bonds is 2. The van der Waals surface area contributed by atoms with E-state index in [1.165, 1.54) is 0 Å². The zero-order valence-corrected chi connectivity index (χ0v) is 15.0. The van der Waals surface area contributed by atoms with Crippen LogP contribution >= 0.6 is 46.4 Å². The summed E-state index contributed by atoms with van der Waals surface area (Å²) in [6.45, 7) is 4.23. The Morgan fingerprint density at radius 3 is 2.14 bits per heavy atom. The summed E-state index contributed by atoms with van der Waals surface area (Å²) in [7, 11) is 0. The maximum Gasteiger partial charge on any atom is 0.129 e. The molecule has 21 heavy (non-hydrogen) atoms. The molecular formula is C15H20Cl4O2. The predicted octanol–water partition coefficient (Wildman–Crippen LogP) is 4.94. The third-order valence-electron chi connectivity index (χ3n) is 4.85. The first-order valence-corrected chi connectivity index (χ1v) is 8.73. The SMILES string of the molecule is CC(C)(C1=CC(Cl)=C(O)C(Cl)C1)C1CC(Cl)C(O)C(Cl)C1. The van der Waals surface area contributed by atoms with Crippen LogP contribution in [0.25, 0.3) is 0 Å². The first-order chi connectivity index (χ1) is 9.64. The molecule has 0 saturated heterocycles. The van der Waals surface area contributed by atoms with Crippen molar-refractivity contribution in [2.75, 3.05) is 0 Å². The second-order valence-corrected chi connectivity index (χ2v) is 8.54. The quantitative estimate of drug-likeness (QED) is 0.672. The normalized spacial score (nSPS) is 38.4. The van der Waals surface area contributed by atoms with E-state index in [4.69, 9.17) is 46.4 Å². The summed E-state index contributed by atoms with van der Waals surface area (Å²) in [5, 5.41) is 18.8. The van der Waals surface area contributed by atoms with Gasteiger partial charge in [-0.15, -0.1) is 34.8 Å². The summed E-state index contributed by atoms with van der Waals surface area (Å²) in [4.78, 5) is 0. The van der Waals surface area contributed by atoms with Crippen molar-refractivity contribution in [2.45, 2.75) is 55.3 Å². The van der Waals surface area contributed by atoms with E-state index in [0.29, 0.717) is 24.3 Å². The average molecular weight is 374 g/mol. The fourth-order valence-corrected chi connectivity index (χ4v) is 4.63. The van der Waals surface area contributed by atoms with Gasteiger partial charge >= 0.3 is 0 Å². The van der Waals surface area contributed by atoms with E-state index in [1.54, 1.807) is 6.08 Å². The zero-order valence-electron chi connectivity index (χ0n) is 12.0. The highest BCUT2D eigenvalue weighted by Crippen LogP contribution is 2.49. The van der Waals surface area contributed by atoms with E-state index in [0.717, 1.165) is 5.57 Å². The van der Waals surface area contributed by atoms with Crippen molar-refractivity contribution in [3.8, 4) is 0 Å². The minimum atomic E-state index is -0.672.